The summed E-state index contributed by atoms with van der Waals surface area (Å²) in [4.78, 5) is 12.1. The predicted molar refractivity (Wildman–Crippen MR) is 76.6 cm³/mol. The molecule has 1 aromatic rings. The van der Waals surface area contributed by atoms with Crippen LogP contribution in [-0.2, 0) is 4.74 Å². The van der Waals surface area contributed by atoms with Crippen molar-refractivity contribution in [3.05, 3.63) is 29.3 Å². The lowest BCUT2D eigenvalue weighted by atomic mass is 10.1. The van der Waals surface area contributed by atoms with Crippen molar-refractivity contribution in [2.24, 2.45) is 0 Å². The SMILES string of the molecule is CCNc1ccc(C(=O)NC2CCCOC2)cc1C. The topological polar surface area (TPSA) is 50.4 Å². The largest absolute Gasteiger partial charge is 0.385 e. The number of carbonyl (C=O) groups excluding carboxylic acids is 1. The van der Waals surface area contributed by atoms with E-state index in [1.807, 2.05) is 25.1 Å². The molecule has 2 rings (SSSR count). The van der Waals surface area contributed by atoms with Crippen LogP contribution >= 0.6 is 0 Å². The zero-order valence-electron chi connectivity index (χ0n) is 11.7. The first-order valence-corrected chi connectivity index (χ1v) is 6.94. The molecule has 1 atom stereocenters. The van der Waals surface area contributed by atoms with Gasteiger partial charge >= 0.3 is 0 Å². The lowest BCUT2D eigenvalue weighted by Crippen LogP contribution is -2.40. The van der Waals surface area contributed by atoms with E-state index in [1.165, 1.54) is 0 Å². The molecule has 1 amide bonds. The number of carbonyl (C=O) groups is 1. The predicted octanol–water partition coefficient (Wildman–Crippen LogP) is 2.34. The van der Waals surface area contributed by atoms with E-state index in [2.05, 4.69) is 17.6 Å². The van der Waals surface area contributed by atoms with Crippen molar-refractivity contribution >= 4 is 11.6 Å². The first kappa shape index (κ1) is 13.9. The highest BCUT2D eigenvalue weighted by atomic mass is 16.5. The second-order valence-electron chi connectivity index (χ2n) is 4.95. The van der Waals surface area contributed by atoms with Gasteiger partial charge in [0.05, 0.1) is 12.6 Å². The Bertz CT molecular complexity index is 440. The Balaban J connectivity index is 2.00. The third kappa shape index (κ3) is 3.70. The van der Waals surface area contributed by atoms with Crippen LogP contribution in [0.15, 0.2) is 18.2 Å². The van der Waals surface area contributed by atoms with Gasteiger partial charge in [-0.05, 0) is 50.5 Å². The molecule has 1 aliphatic rings. The fourth-order valence-electron chi connectivity index (χ4n) is 2.32. The van der Waals surface area contributed by atoms with E-state index in [1.54, 1.807) is 0 Å². The summed E-state index contributed by atoms with van der Waals surface area (Å²) in [5, 5.41) is 6.30. The van der Waals surface area contributed by atoms with E-state index in [0.29, 0.717) is 12.2 Å². The number of ether oxygens (including phenoxy) is 1. The third-order valence-corrected chi connectivity index (χ3v) is 3.35. The average Bonchev–Trinajstić information content (AvgIpc) is 2.42. The maximum Gasteiger partial charge on any atom is 0.251 e. The van der Waals surface area contributed by atoms with Crippen LogP contribution in [0.3, 0.4) is 0 Å². The van der Waals surface area contributed by atoms with Gasteiger partial charge in [0.15, 0.2) is 0 Å². The van der Waals surface area contributed by atoms with Crippen molar-refractivity contribution in [1.82, 2.24) is 5.32 Å². The summed E-state index contributed by atoms with van der Waals surface area (Å²) in [5.41, 5.74) is 2.89. The molecule has 0 bridgehead atoms. The maximum atomic E-state index is 12.1. The van der Waals surface area contributed by atoms with Crippen LogP contribution in [0.2, 0.25) is 0 Å². The van der Waals surface area contributed by atoms with Gasteiger partial charge in [0, 0.05) is 24.4 Å². The molecule has 1 saturated heterocycles. The second-order valence-corrected chi connectivity index (χ2v) is 4.95. The summed E-state index contributed by atoms with van der Waals surface area (Å²) >= 11 is 0. The number of aryl methyl sites for hydroxylation is 1. The van der Waals surface area contributed by atoms with Gasteiger partial charge in [0.1, 0.15) is 0 Å². The van der Waals surface area contributed by atoms with Crippen molar-refractivity contribution in [1.29, 1.82) is 0 Å². The normalized spacial score (nSPS) is 18.9. The van der Waals surface area contributed by atoms with Gasteiger partial charge in [0.25, 0.3) is 5.91 Å². The van der Waals surface area contributed by atoms with Gasteiger partial charge in [-0.25, -0.2) is 0 Å². The Morgan fingerprint density at radius 3 is 2.95 bits per heavy atom. The van der Waals surface area contributed by atoms with E-state index < -0.39 is 0 Å². The van der Waals surface area contributed by atoms with E-state index >= 15 is 0 Å². The molecule has 1 unspecified atom stereocenters. The minimum Gasteiger partial charge on any atom is -0.385 e. The molecule has 19 heavy (non-hydrogen) atoms. The molecule has 4 heteroatoms. The molecule has 0 radical (unpaired) electrons. The zero-order valence-corrected chi connectivity index (χ0v) is 11.7. The fourth-order valence-corrected chi connectivity index (χ4v) is 2.32. The second kappa shape index (κ2) is 6.57. The molecule has 0 aliphatic carbocycles. The van der Waals surface area contributed by atoms with E-state index in [-0.39, 0.29) is 11.9 Å². The zero-order chi connectivity index (χ0) is 13.7. The van der Waals surface area contributed by atoms with Crippen LogP contribution in [-0.4, -0.2) is 31.7 Å². The monoisotopic (exact) mass is 262 g/mol. The quantitative estimate of drug-likeness (QED) is 0.875. The van der Waals surface area contributed by atoms with E-state index in [4.69, 9.17) is 4.74 Å². The Labute approximate surface area is 114 Å². The van der Waals surface area contributed by atoms with Crippen LogP contribution < -0.4 is 10.6 Å². The molecule has 1 aliphatic heterocycles. The minimum atomic E-state index is -0.0124. The average molecular weight is 262 g/mol. The van der Waals surface area contributed by atoms with Gasteiger partial charge < -0.3 is 15.4 Å². The number of rotatable bonds is 4. The molecule has 2 N–H and O–H groups in total. The number of benzene rings is 1. The maximum absolute atomic E-state index is 12.1. The number of nitrogens with one attached hydrogen (secondary N) is 2. The van der Waals surface area contributed by atoms with Crippen LogP contribution in [0.5, 0.6) is 0 Å². The first-order chi connectivity index (χ1) is 9.20. The van der Waals surface area contributed by atoms with Gasteiger partial charge in [-0.15, -0.1) is 0 Å². The van der Waals surface area contributed by atoms with Gasteiger partial charge in [-0.3, -0.25) is 4.79 Å². The molecule has 0 aromatic heterocycles. The summed E-state index contributed by atoms with van der Waals surface area (Å²) in [6.07, 6.45) is 2.02. The summed E-state index contributed by atoms with van der Waals surface area (Å²) < 4.78 is 5.37. The van der Waals surface area contributed by atoms with Crippen LogP contribution in [0, 0.1) is 6.92 Å². The van der Waals surface area contributed by atoms with Gasteiger partial charge in [0.2, 0.25) is 0 Å². The molecule has 0 spiro atoms. The van der Waals surface area contributed by atoms with E-state index in [0.717, 1.165) is 37.2 Å². The highest BCUT2D eigenvalue weighted by Crippen LogP contribution is 2.16. The van der Waals surface area contributed by atoms with Gasteiger partial charge in [-0.1, -0.05) is 0 Å². The Hall–Kier alpha value is -1.55. The molecular formula is C15H22N2O2. The smallest absolute Gasteiger partial charge is 0.251 e. The van der Waals surface area contributed by atoms with Crippen molar-refractivity contribution in [2.75, 3.05) is 25.1 Å². The lowest BCUT2D eigenvalue weighted by Gasteiger charge is -2.23. The summed E-state index contributed by atoms with van der Waals surface area (Å²) in [5.74, 6) is -0.0124. The molecule has 4 nitrogen and oxygen atoms in total. The lowest BCUT2D eigenvalue weighted by molar-refractivity contribution is 0.0624. The third-order valence-electron chi connectivity index (χ3n) is 3.35. The van der Waals surface area contributed by atoms with Gasteiger partial charge in [-0.2, -0.15) is 0 Å². The Morgan fingerprint density at radius 1 is 1.47 bits per heavy atom. The molecule has 1 aromatic carbocycles. The minimum absolute atomic E-state index is 0.0124. The fraction of sp³-hybridized carbons (Fsp3) is 0.533. The van der Waals surface area contributed by atoms with Crippen LogP contribution in [0.25, 0.3) is 0 Å². The molecule has 1 heterocycles. The number of hydrogen-bond donors (Lipinski definition) is 2. The highest BCUT2D eigenvalue weighted by Gasteiger charge is 2.17. The summed E-state index contributed by atoms with van der Waals surface area (Å²) in [6.45, 7) is 6.39. The Morgan fingerprint density at radius 2 is 2.32 bits per heavy atom. The summed E-state index contributed by atoms with van der Waals surface area (Å²) in [6, 6.07) is 5.90. The van der Waals surface area contributed by atoms with Crippen LogP contribution in [0.4, 0.5) is 5.69 Å². The van der Waals surface area contributed by atoms with Crippen molar-refractivity contribution < 1.29 is 9.53 Å². The molecular weight excluding hydrogens is 240 g/mol. The Kier molecular flexibility index (Phi) is 4.80. The van der Waals surface area contributed by atoms with E-state index in [9.17, 15) is 4.79 Å². The summed E-state index contributed by atoms with van der Waals surface area (Å²) in [7, 11) is 0. The molecule has 0 saturated carbocycles. The highest BCUT2D eigenvalue weighted by molar-refractivity contribution is 5.95. The number of anilines is 1. The van der Waals surface area contributed by atoms with Crippen molar-refractivity contribution in [3.63, 3.8) is 0 Å². The number of hydrogen-bond acceptors (Lipinski definition) is 3. The molecule has 104 valence electrons. The first-order valence-electron chi connectivity index (χ1n) is 6.94. The standard InChI is InChI=1S/C15H22N2O2/c1-3-16-14-7-6-12(9-11(14)2)15(18)17-13-5-4-8-19-10-13/h6-7,9,13,16H,3-5,8,10H2,1-2H3,(H,17,18). The van der Waals surface area contributed by atoms with Crippen molar-refractivity contribution in [3.8, 4) is 0 Å². The van der Waals surface area contributed by atoms with Crippen molar-refractivity contribution in [2.45, 2.75) is 32.7 Å². The number of amides is 1. The molecule has 1 fully saturated rings. The van der Waals surface area contributed by atoms with Crippen LogP contribution in [0.1, 0.15) is 35.7 Å².